The van der Waals surface area contributed by atoms with Crippen LogP contribution in [-0.4, -0.2) is 35.9 Å². The molecule has 9 heteroatoms. The molecule has 0 aliphatic heterocycles. The third-order valence-electron chi connectivity index (χ3n) is 7.31. The van der Waals surface area contributed by atoms with Crippen molar-refractivity contribution in [3.05, 3.63) is 71.9 Å². The van der Waals surface area contributed by atoms with Gasteiger partial charge in [-0.2, -0.15) is 13.2 Å². The van der Waals surface area contributed by atoms with Gasteiger partial charge in [-0.3, -0.25) is 4.79 Å². The number of aliphatic carboxylic acids is 1. The maximum absolute atomic E-state index is 13.0. The van der Waals surface area contributed by atoms with Gasteiger partial charge in [0.1, 0.15) is 17.6 Å². The summed E-state index contributed by atoms with van der Waals surface area (Å²) in [7, 11) is 1.54. The van der Waals surface area contributed by atoms with Gasteiger partial charge in [0.25, 0.3) is 0 Å². The fraction of sp³-hybridized carbons (Fsp3) is 0.438. The third-order valence-corrected chi connectivity index (χ3v) is 7.31. The van der Waals surface area contributed by atoms with Crippen molar-refractivity contribution in [1.29, 1.82) is 0 Å². The zero-order valence-electron chi connectivity index (χ0n) is 23.3. The molecular weight excluding hydrogens is 535 g/mol. The number of carbonyl (C=O) groups is 1. The fourth-order valence-corrected chi connectivity index (χ4v) is 5.04. The summed E-state index contributed by atoms with van der Waals surface area (Å²) in [6.45, 7) is 2.46. The number of carboxylic acids is 1. The minimum absolute atomic E-state index is 0.0300. The molecule has 2 aromatic carbocycles. The van der Waals surface area contributed by atoms with E-state index in [0.29, 0.717) is 53.9 Å². The van der Waals surface area contributed by atoms with Gasteiger partial charge < -0.3 is 19.3 Å². The molecule has 3 aromatic rings. The molecule has 1 fully saturated rings. The number of benzene rings is 2. The van der Waals surface area contributed by atoms with E-state index in [1.165, 1.54) is 12.1 Å². The minimum atomic E-state index is -4.40. The number of pyridine rings is 1. The number of halogens is 3. The van der Waals surface area contributed by atoms with Gasteiger partial charge in [0.2, 0.25) is 5.88 Å². The van der Waals surface area contributed by atoms with E-state index in [1.54, 1.807) is 31.5 Å². The Balaban J connectivity index is 1.39. The summed E-state index contributed by atoms with van der Waals surface area (Å²) < 4.78 is 56.7. The second-order valence-electron chi connectivity index (χ2n) is 10.4. The molecule has 1 heterocycles. The predicted octanol–water partition coefficient (Wildman–Crippen LogP) is 8.15. The Morgan fingerprint density at radius 1 is 1.07 bits per heavy atom. The molecule has 1 saturated carbocycles. The number of aromatic nitrogens is 1. The van der Waals surface area contributed by atoms with E-state index in [0.717, 1.165) is 43.4 Å². The quantitative estimate of drug-likeness (QED) is 0.186. The van der Waals surface area contributed by atoms with Gasteiger partial charge in [0.05, 0.1) is 25.7 Å². The summed E-state index contributed by atoms with van der Waals surface area (Å²) in [5.41, 5.74) is 1.53. The molecule has 220 valence electrons. The number of carboxylic acid groups (broad SMARTS) is 1. The van der Waals surface area contributed by atoms with Crippen LogP contribution in [0.5, 0.6) is 17.4 Å². The average molecular weight is 572 g/mol. The van der Waals surface area contributed by atoms with Crippen LogP contribution < -0.4 is 14.2 Å². The lowest BCUT2D eigenvalue weighted by Gasteiger charge is -2.20. The maximum atomic E-state index is 13.0. The second kappa shape index (κ2) is 13.7. The van der Waals surface area contributed by atoms with Gasteiger partial charge in [0, 0.05) is 23.9 Å². The van der Waals surface area contributed by atoms with Crippen LogP contribution in [-0.2, 0) is 11.0 Å². The topological polar surface area (TPSA) is 77.9 Å². The van der Waals surface area contributed by atoms with E-state index in [1.807, 2.05) is 12.1 Å². The average Bonchev–Trinajstić information content (AvgIpc) is 3.79. The summed E-state index contributed by atoms with van der Waals surface area (Å²) >= 11 is 0. The van der Waals surface area contributed by atoms with Gasteiger partial charge in [0.15, 0.2) is 0 Å². The van der Waals surface area contributed by atoms with Crippen LogP contribution in [0.2, 0.25) is 0 Å². The highest BCUT2D eigenvalue weighted by Crippen LogP contribution is 2.45. The van der Waals surface area contributed by atoms with Gasteiger partial charge in [-0.05, 0) is 85.4 Å². The summed E-state index contributed by atoms with van der Waals surface area (Å²) in [6, 6.07) is 14.0. The number of rotatable bonds is 15. The number of methoxy groups -OCH3 is 1. The highest BCUT2D eigenvalue weighted by Gasteiger charge is 2.34. The Hall–Kier alpha value is -3.75. The Morgan fingerprint density at radius 3 is 2.46 bits per heavy atom. The lowest BCUT2D eigenvalue weighted by atomic mass is 9.92. The number of hydrogen-bond acceptors (Lipinski definition) is 5. The standard InChI is InChI=1S/C32H36F3NO5/c1-3-5-25(41-30-18-23(15-16-36-30)28(20-31(37)38)22-7-8-22)6-4-17-40-29-19-26(39-2)13-14-27(29)21-9-11-24(12-10-21)32(33,34)35/h9-16,18-19,22,25,28H,3-8,17,20H2,1-2H3,(H,37,38)/t25-,28?/m1/s1. The Bertz CT molecular complexity index is 1290. The van der Waals surface area contributed by atoms with E-state index in [9.17, 15) is 23.1 Å². The largest absolute Gasteiger partial charge is 0.497 e. The zero-order chi connectivity index (χ0) is 29.4. The van der Waals surface area contributed by atoms with Crippen molar-refractivity contribution < 1.29 is 37.3 Å². The van der Waals surface area contributed by atoms with Crippen LogP contribution in [0.25, 0.3) is 11.1 Å². The first-order valence-corrected chi connectivity index (χ1v) is 14.0. The molecule has 1 N–H and O–H groups in total. The summed E-state index contributed by atoms with van der Waals surface area (Å²) in [5, 5.41) is 9.35. The SMILES string of the molecule is CCC[C@H](CCCOc1cc(OC)ccc1-c1ccc(C(F)(F)F)cc1)Oc1cc(C(CC(=O)O)C2CC2)ccn1. The molecule has 1 unspecified atom stereocenters. The molecule has 0 amide bonds. The van der Waals surface area contributed by atoms with Crippen LogP contribution in [0.1, 0.15) is 68.9 Å². The van der Waals surface area contributed by atoms with Gasteiger partial charge in [-0.1, -0.05) is 25.5 Å². The smallest absolute Gasteiger partial charge is 0.416 e. The summed E-state index contributed by atoms with van der Waals surface area (Å²) in [5.74, 6) is 1.17. The molecule has 1 aliphatic carbocycles. The molecule has 0 saturated heterocycles. The van der Waals surface area contributed by atoms with E-state index in [-0.39, 0.29) is 18.4 Å². The zero-order valence-corrected chi connectivity index (χ0v) is 23.3. The number of nitrogens with zero attached hydrogens (tertiary/aromatic N) is 1. The number of alkyl halides is 3. The molecule has 1 aliphatic rings. The second-order valence-corrected chi connectivity index (χ2v) is 10.4. The van der Waals surface area contributed by atoms with Crippen LogP contribution in [0.15, 0.2) is 60.8 Å². The minimum Gasteiger partial charge on any atom is -0.497 e. The Morgan fingerprint density at radius 2 is 1.83 bits per heavy atom. The molecular formula is C32H36F3NO5. The predicted molar refractivity (Wildman–Crippen MR) is 149 cm³/mol. The van der Waals surface area contributed by atoms with Crippen molar-refractivity contribution in [3.8, 4) is 28.5 Å². The van der Waals surface area contributed by atoms with E-state index >= 15 is 0 Å². The van der Waals surface area contributed by atoms with Crippen LogP contribution in [0, 0.1) is 5.92 Å². The first-order chi connectivity index (χ1) is 19.7. The van der Waals surface area contributed by atoms with E-state index < -0.39 is 17.7 Å². The van der Waals surface area contributed by atoms with Gasteiger partial charge in [-0.25, -0.2) is 4.98 Å². The lowest BCUT2D eigenvalue weighted by molar-refractivity contribution is -0.138. The highest BCUT2D eigenvalue weighted by molar-refractivity contribution is 5.72. The molecule has 4 rings (SSSR count). The maximum Gasteiger partial charge on any atom is 0.416 e. The van der Waals surface area contributed by atoms with Crippen molar-refractivity contribution in [3.63, 3.8) is 0 Å². The molecule has 0 bridgehead atoms. The summed E-state index contributed by atoms with van der Waals surface area (Å²) in [4.78, 5) is 15.8. The van der Waals surface area contributed by atoms with Crippen LogP contribution in [0.4, 0.5) is 13.2 Å². The molecule has 41 heavy (non-hydrogen) atoms. The van der Waals surface area contributed by atoms with Crippen molar-refractivity contribution in [2.75, 3.05) is 13.7 Å². The normalized spacial score (nSPS) is 14.8. The first kappa shape index (κ1) is 30.2. The molecule has 1 aromatic heterocycles. The van der Waals surface area contributed by atoms with Crippen molar-refractivity contribution in [2.45, 2.75) is 70.1 Å². The van der Waals surface area contributed by atoms with Crippen molar-refractivity contribution in [1.82, 2.24) is 4.98 Å². The van der Waals surface area contributed by atoms with Crippen molar-refractivity contribution in [2.24, 2.45) is 5.92 Å². The van der Waals surface area contributed by atoms with Gasteiger partial charge >= 0.3 is 12.1 Å². The molecule has 0 spiro atoms. The van der Waals surface area contributed by atoms with E-state index in [4.69, 9.17) is 14.2 Å². The van der Waals surface area contributed by atoms with Crippen LogP contribution >= 0.6 is 0 Å². The summed E-state index contributed by atoms with van der Waals surface area (Å²) in [6.07, 6.45) is 2.51. The highest BCUT2D eigenvalue weighted by atomic mass is 19.4. The van der Waals surface area contributed by atoms with Crippen molar-refractivity contribution >= 4 is 5.97 Å². The van der Waals surface area contributed by atoms with Crippen LogP contribution in [0.3, 0.4) is 0 Å². The molecule has 6 nitrogen and oxygen atoms in total. The van der Waals surface area contributed by atoms with Gasteiger partial charge in [-0.15, -0.1) is 0 Å². The Kier molecular flexibility index (Phi) is 10.1. The third kappa shape index (κ3) is 8.62. The fourth-order valence-electron chi connectivity index (χ4n) is 5.04. The monoisotopic (exact) mass is 571 g/mol. The molecule has 0 radical (unpaired) electrons. The number of hydrogen-bond donors (Lipinski definition) is 1. The first-order valence-electron chi connectivity index (χ1n) is 14.0. The Labute approximate surface area is 238 Å². The number of ether oxygens (including phenoxy) is 3. The molecule has 2 atom stereocenters. The lowest BCUT2D eigenvalue weighted by Crippen LogP contribution is -2.18. The van der Waals surface area contributed by atoms with E-state index in [2.05, 4.69) is 11.9 Å².